The third-order valence-electron chi connectivity index (χ3n) is 1.85. The second-order valence-electron chi connectivity index (χ2n) is 3.09. The summed E-state index contributed by atoms with van der Waals surface area (Å²) in [6, 6.07) is 5.75. The standard InChI is InChI=1S/C10H11N3O3/c11-8(14)5-13-10(16)7-3-1-6(2-4-7)9(12)15/h1-4H,5H2,(H2,11,14)(H2,12,15)(H,13,16). The molecule has 3 amide bonds. The molecule has 84 valence electrons. The van der Waals surface area contributed by atoms with E-state index < -0.39 is 17.7 Å². The summed E-state index contributed by atoms with van der Waals surface area (Å²) in [7, 11) is 0. The molecule has 0 aliphatic heterocycles. The molecular formula is C10H11N3O3. The Hall–Kier alpha value is -2.37. The number of benzene rings is 1. The van der Waals surface area contributed by atoms with Crippen LogP contribution in [0.3, 0.4) is 0 Å². The van der Waals surface area contributed by atoms with Crippen LogP contribution in [0.4, 0.5) is 0 Å². The largest absolute Gasteiger partial charge is 0.368 e. The fraction of sp³-hybridized carbons (Fsp3) is 0.100. The van der Waals surface area contributed by atoms with E-state index in [0.29, 0.717) is 11.1 Å². The van der Waals surface area contributed by atoms with E-state index in [0.717, 1.165) is 0 Å². The van der Waals surface area contributed by atoms with Gasteiger partial charge in [-0.15, -0.1) is 0 Å². The molecule has 0 saturated carbocycles. The first kappa shape index (κ1) is 11.7. The van der Waals surface area contributed by atoms with Crippen LogP contribution >= 0.6 is 0 Å². The summed E-state index contributed by atoms with van der Waals surface area (Å²) in [6.45, 7) is -0.226. The van der Waals surface area contributed by atoms with Gasteiger partial charge in [-0.1, -0.05) is 0 Å². The zero-order valence-electron chi connectivity index (χ0n) is 8.40. The molecule has 0 saturated heterocycles. The number of hydrogen-bond donors (Lipinski definition) is 3. The van der Waals surface area contributed by atoms with Crippen LogP contribution in [0.2, 0.25) is 0 Å². The van der Waals surface area contributed by atoms with E-state index in [4.69, 9.17) is 11.5 Å². The summed E-state index contributed by atoms with van der Waals surface area (Å²) >= 11 is 0. The Labute approximate surface area is 91.6 Å². The van der Waals surface area contributed by atoms with Gasteiger partial charge in [0.1, 0.15) is 0 Å². The van der Waals surface area contributed by atoms with E-state index in [1.807, 2.05) is 0 Å². The summed E-state index contributed by atoms with van der Waals surface area (Å²) in [5.74, 6) is -1.62. The lowest BCUT2D eigenvalue weighted by Gasteiger charge is -2.03. The molecule has 0 aromatic heterocycles. The molecule has 6 nitrogen and oxygen atoms in total. The SMILES string of the molecule is NC(=O)CNC(=O)c1ccc(C(N)=O)cc1. The van der Waals surface area contributed by atoms with Crippen LogP contribution in [0.5, 0.6) is 0 Å². The van der Waals surface area contributed by atoms with Crippen molar-refractivity contribution in [1.82, 2.24) is 5.32 Å². The van der Waals surface area contributed by atoms with Gasteiger partial charge < -0.3 is 16.8 Å². The maximum atomic E-state index is 11.4. The summed E-state index contributed by atoms with van der Waals surface area (Å²) < 4.78 is 0. The lowest BCUT2D eigenvalue weighted by Crippen LogP contribution is -2.33. The minimum atomic E-state index is -0.623. The molecular weight excluding hydrogens is 210 g/mol. The van der Waals surface area contributed by atoms with Gasteiger partial charge in [-0.05, 0) is 24.3 Å². The lowest BCUT2D eigenvalue weighted by molar-refractivity contribution is -0.117. The number of carbonyl (C=O) groups is 3. The minimum absolute atomic E-state index is 0.226. The highest BCUT2D eigenvalue weighted by atomic mass is 16.2. The normalized spacial score (nSPS) is 9.50. The average molecular weight is 221 g/mol. The van der Waals surface area contributed by atoms with Gasteiger partial charge in [0.15, 0.2) is 0 Å². The Morgan fingerprint density at radius 3 is 1.94 bits per heavy atom. The smallest absolute Gasteiger partial charge is 0.251 e. The summed E-state index contributed by atoms with van der Waals surface area (Å²) in [5, 5.41) is 2.32. The zero-order chi connectivity index (χ0) is 12.1. The number of nitrogens with one attached hydrogen (secondary N) is 1. The van der Waals surface area contributed by atoms with Crippen molar-refractivity contribution >= 4 is 17.7 Å². The van der Waals surface area contributed by atoms with E-state index in [1.54, 1.807) is 0 Å². The molecule has 16 heavy (non-hydrogen) atoms. The molecule has 0 heterocycles. The lowest BCUT2D eigenvalue weighted by atomic mass is 10.1. The van der Waals surface area contributed by atoms with Crippen molar-refractivity contribution < 1.29 is 14.4 Å². The number of hydrogen-bond acceptors (Lipinski definition) is 3. The van der Waals surface area contributed by atoms with Crippen molar-refractivity contribution in [3.05, 3.63) is 35.4 Å². The first-order chi connectivity index (χ1) is 7.50. The highest BCUT2D eigenvalue weighted by Crippen LogP contribution is 2.03. The van der Waals surface area contributed by atoms with Crippen LogP contribution in [0.25, 0.3) is 0 Å². The topological polar surface area (TPSA) is 115 Å². The van der Waals surface area contributed by atoms with Gasteiger partial charge in [-0.25, -0.2) is 0 Å². The average Bonchev–Trinajstić information content (AvgIpc) is 2.26. The molecule has 6 heteroatoms. The maximum Gasteiger partial charge on any atom is 0.251 e. The fourth-order valence-electron chi connectivity index (χ4n) is 1.06. The van der Waals surface area contributed by atoms with E-state index in [2.05, 4.69) is 5.32 Å². The second kappa shape index (κ2) is 4.92. The van der Waals surface area contributed by atoms with E-state index >= 15 is 0 Å². The van der Waals surface area contributed by atoms with Crippen LogP contribution in [0.15, 0.2) is 24.3 Å². The van der Waals surface area contributed by atoms with Crippen molar-refractivity contribution in [3.63, 3.8) is 0 Å². The summed E-state index contributed by atoms with van der Waals surface area (Å²) in [4.78, 5) is 32.6. The molecule has 5 N–H and O–H groups in total. The Balaban J connectivity index is 2.70. The van der Waals surface area contributed by atoms with Crippen LogP contribution in [0.1, 0.15) is 20.7 Å². The number of rotatable bonds is 4. The Morgan fingerprint density at radius 2 is 1.50 bits per heavy atom. The van der Waals surface area contributed by atoms with Gasteiger partial charge in [0.05, 0.1) is 6.54 Å². The monoisotopic (exact) mass is 221 g/mol. The maximum absolute atomic E-state index is 11.4. The summed E-state index contributed by atoms with van der Waals surface area (Å²) in [5.41, 5.74) is 10.5. The van der Waals surface area contributed by atoms with Gasteiger partial charge in [-0.2, -0.15) is 0 Å². The quantitative estimate of drug-likeness (QED) is 0.605. The molecule has 0 unspecified atom stereocenters. The minimum Gasteiger partial charge on any atom is -0.368 e. The van der Waals surface area contributed by atoms with E-state index in [-0.39, 0.29) is 6.54 Å². The molecule has 0 atom stereocenters. The van der Waals surface area contributed by atoms with Gasteiger partial charge in [0, 0.05) is 11.1 Å². The van der Waals surface area contributed by atoms with Crippen LogP contribution in [0, 0.1) is 0 Å². The fourth-order valence-corrected chi connectivity index (χ4v) is 1.06. The Morgan fingerprint density at radius 1 is 1.00 bits per heavy atom. The predicted molar refractivity (Wildman–Crippen MR) is 56.5 cm³/mol. The Bertz CT molecular complexity index is 425. The molecule has 1 rings (SSSR count). The molecule has 0 spiro atoms. The van der Waals surface area contributed by atoms with Crippen molar-refractivity contribution in [1.29, 1.82) is 0 Å². The van der Waals surface area contributed by atoms with Gasteiger partial charge >= 0.3 is 0 Å². The van der Waals surface area contributed by atoms with Crippen molar-refractivity contribution in [2.75, 3.05) is 6.54 Å². The molecule has 0 bridgehead atoms. The van der Waals surface area contributed by atoms with Crippen molar-refractivity contribution in [3.8, 4) is 0 Å². The van der Waals surface area contributed by atoms with Crippen LogP contribution < -0.4 is 16.8 Å². The number of amides is 3. The molecule has 0 aliphatic rings. The van der Waals surface area contributed by atoms with Gasteiger partial charge in [0.25, 0.3) is 5.91 Å². The van der Waals surface area contributed by atoms with Crippen LogP contribution in [-0.4, -0.2) is 24.3 Å². The first-order valence-electron chi connectivity index (χ1n) is 4.47. The number of carbonyl (C=O) groups excluding carboxylic acids is 3. The summed E-state index contributed by atoms with van der Waals surface area (Å²) in [6.07, 6.45) is 0. The third-order valence-corrected chi connectivity index (χ3v) is 1.85. The van der Waals surface area contributed by atoms with Crippen molar-refractivity contribution in [2.24, 2.45) is 11.5 Å². The molecule has 1 aromatic rings. The molecule has 1 aromatic carbocycles. The van der Waals surface area contributed by atoms with Gasteiger partial charge in [-0.3, -0.25) is 14.4 Å². The number of nitrogens with two attached hydrogens (primary N) is 2. The zero-order valence-corrected chi connectivity index (χ0v) is 8.40. The highest BCUT2D eigenvalue weighted by Gasteiger charge is 2.07. The molecule has 0 radical (unpaired) electrons. The third kappa shape index (κ3) is 3.09. The molecule has 0 aliphatic carbocycles. The second-order valence-corrected chi connectivity index (χ2v) is 3.09. The number of primary amides is 2. The van der Waals surface area contributed by atoms with E-state index in [1.165, 1.54) is 24.3 Å². The van der Waals surface area contributed by atoms with Crippen molar-refractivity contribution in [2.45, 2.75) is 0 Å². The van der Waals surface area contributed by atoms with Crippen LogP contribution in [-0.2, 0) is 4.79 Å². The van der Waals surface area contributed by atoms with Gasteiger partial charge in [0.2, 0.25) is 11.8 Å². The van der Waals surface area contributed by atoms with E-state index in [9.17, 15) is 14.4 Å². The Kier molecular flexibility index (Phi) is 3.60. The predicted octanol–water partition coefficient (Wildman–Crippen LogP) is -0.999. The molecule has 0 fully saturated rings. The highest BCUT2D eigenvalue weighted by molar-refractivity contribution is 5.98. The first-order valence-corrected chi connectivity index (χ1v) is 4.47.